The zero-order valence-corrected chi connectivity index (χ0v) is 11.3. The Balaban J connectivity index is 2.11. The molecule has 0 amide bonds. The normalized spacial score (nSPS) is 15.8. The maximum atomic E-state index is 12.4. The zero-order chi connectivity index (χ0) is 15.0. The lowest BCUT2D eigenvalue weighted by Crippen LogP contribution is -2.24. The van der Waals surface area contributed by atoms with Crippen LogP contribution >= 0.6 is 0 Å². The van der Waals surface area contributed by atoms with Gasteiger partial charge in [0.05, 0.1) is 5.56 Å². The number of rotatable bonds is 1. The second kappa shape index (κ2) is 4.90. The fraction of sp³-hybridized carbons (Fsp3) is 0.0588. The number of fused-ring (bicyclic) bond motifs is 1. The molecule has 104 valence electrons. The molecule has 0 aliphatic carbocycles. The number of esters is 1. The van der Waals surface area contributed by atoms with E-state index in [1.165, 1.54) is 12.1 Å². The Hall–Kier alpha value is -2.88. The Morgan fingerprint density at radius 1 is 1.10 bits per heavy atom. The van der Waals surface area contributed by atoms with Crippen LogP contribution in [0.25, 0.3) is 6.08 Å². The molecule has 2 aromatic rings. The molecule has 1 aliphatic rings. The zero-order valence-electron chi connectivity index (χ0n) is 11.3. The van der Waals surface area contributed by atoms with Gasteiger partial charge < -0.3 is 9.84 Å². The van der Waals surface area contributed by atoms with E-state index in [0.29, 0.717) is 11.1 Å². The lowest BCUT2D eigenvalue weighted by atomic mass is 9.97. The second-order valence-corrected chi connectivity index (χ2v) is 4.84. The molecule has 0 aromatic heterocycles. The number of ether oxygens (including phenoxy) is 1. The topological polar surface area (TPSA) is 63.6 Å². The first kappa shape index (κ1) is 13.1. The lowest BCUT2D eigenvalue weighted by Gasteiger charge is -2.16. The average molecular weight is 280 g/mol. The van der Waals surface area contributed by atoms with Gasteiger partial charge in [-0.3, -0.25) is 4.79 Å². The fourth-order valence-corrected chi connectivity index (χ4v) is 2.21. The van der Waals surface area contributed by atoms with Crippen molar-refractivity contribution in [3.05, 3.63) is 64.7 Å². The highest BCUT2D eigenvalue weighted by molar-refractivity contribution is 6.30. The van der Waals surface area contributed by atoms with Crippen LogP contribution in [0.5, 0.6) is 11.5 Å². The first-order chi connectivity index (χ1) is 10.1. The van der Waals surface area contributed by atoms with Crippen LogP contribution in [0.15, 0.2) is 48.0 Å². The molecule has 0 unspecified atom stereocenters. The van der Waals surface area contributed by atoms with Crippen LogP contribution in [0, 0.1) is 6.92 Å². The van der Waals surface area contributed by atoms with E-state index in [0.717, 1.165) is 5.56 Å². The van der Waals surface area contributed by atoms with E-state index in [9.17, 15) is 14.7 Å². The van der Waals surface area contributed by atoms with E-state index >= 15 is 0 Å². The summed E-state index contributed by atoms with van der Waals surface area (Å²) in [6.45, 7) is 1.86. The Bertz CT molecular complexity index is 787. The molecule has 21 heavy (non-hydrogen) atoms. The Morgan fingerprint density at radius 2 is 1.86 bits per heavy atom. The van der Waals surface area contributed by atoms with Crippen molar-refractivity contribution in [1.29, 1.82) is 0 Å². The highest BCUT2D eigenvalue weighted by atomic mass is 16.5. The number of aromatic hydroxyl groups is 1. The molecule has 0 fully saturated rings. The molecule has 0 bridgehead atoms. The maximum absolute atomic E-state index is 12.4. The third-order valence-corrected chi connectivity index (χ3v) is 3.28. The predicted octanol–water partition coefficient (Wildman–Crippen LogP) is 2.89. The van der Waals surface area contributed by atoms with Gasteiger partial charge in [-0.15, -0.1) is 0 Å². The number of Topliss-reactive ketones (excluding diaryl/α,β-unsaturated/α-hetero) is 1. The molecule has 4 nitrogen and oxygen atoms in total. The summed E-state index contributed by atoms with van der Waals surface area (Å²) < 4.78 is 5.15. The minimum Gasteiger partial charge on any atom is -0.507 e. The summed E-state index contributed by atoms with van der Waals surface area (Å²) in [6.07, 6.45) is 1.36. The molecule has 1 aliphatic heterocycles. The molecular formula is C17H12O4. The first-order valence-electron chi connectivity index (χ1n) is 6.43. The fourth-order valence-electron chi connectivity index (χ4n) is 2.21. The average Bonchev–Trinajstić information content (AvgIpc) is 2.47. The van der Waals surface area contributed by atoms with E-state index in [4.69, 9.17) is 4.74 Å². The molecular weight excluding hydrogens is 268 g/mol. The number of hydrogen-bond donors (Lipinski definition) is 1. The van der Waals surface area contributed by atoms with Crippen molar-refractivity contribution < 1.29 is 19.4 Å². The van der Waals surface area contributed by atoms with Crippen LogP contribution in [0.3, 0.4) is 0 Å². The van der Waals surface area contributed by atoms with E-state index in [-0.39, 0.29) is 17.1 Å². The molecule has 1 N–H and O–H groups in total. The van der Waals surface area contributed by atoms with Crippen LogP contribution in [0.2, 0.25) is 0 Å². The van der Waals surface area contributed by atoms with Crippen molar-refractivity contribution in [3.63, 3.8) is 0 Å². The molecule has 0 atom stereocenters. The highest BCUT2D eigenvalue weighted by Crippen LogP contribution is 2.30. The smallest absolute Gasteiger partial charge is 0.347 e. The molecule has 4 heteroatoms. The molecule has 0 saturated carbocycles. The third-order valence-electron chi connectivity index (χ3n) is 3.28. The van der Waals surface area contributed by atoms with E-state index < -0.39 is 11.8 Å². The van der Waals surface area contributed by atoms with Gasteiger partial charge in [0.1, 0.15) is 17.1 Å². The Kier molecular flexibility index (Phi) is 3.06. The van der Waals surface area contributed by atoms with Gasteiger partial charge in [-0.2, -0.15) is 0 Å². The molecule has 1 heterocycles. The third kappa shape index (κ3) is 2.31. The number of benzene rings is 2. The van der Waals surface area contributed by atoms with E-state index in [2.05, 4.69) is 0 Å². The predicted molar refractivity (Wildman–Crippen MR) is 77.2 cm³/mol. The van der Waals surface area contributed by atoms with Gasteiger partial charge in [-0.05, 0) is 37.3 Å². The quantitative estimate of drug-likeness (QED) is 0.377. The number of aryl methyl sites for hydroxylation is 1. The van der Waals surface area contributed by atoms with Crippen molar-refractivity contribution in [2.24, 2.45) is 0 Å². The Labute approximate surface area is 121 Å². The summed E-state index contributed by atoms with van der Waals surface area (Å²) in [5.41, 5.74) is 1.58. The molecule has 0 spiro atoms. The van der Waals surface area contributed by atoms with Crippen LogP contribution in [0.4, 0.5) is 0 Å². The lowest BCUT2D eigenvalue weighted by molar-refractivity contribution is -0.130. The van der Waals surface area contributed by atoms with Gasteiger partial charge in [0.25, 0.3) is 0 Å². The van der Waals surface area contributed by atoms with Crippen LogP contribution in [0.1, 0.15) is 21.5 Å². The van der Waals surface area contributed by atoms with Crippen molar-refractivity contribution in [2.45, 2.75) is 6.92 Å². The molecule has 0 saturated heterocycles. The van der Waals surface area contributed by atoms with Crippen molar-refractivity contribution >= 4 is 17.8 Å². The minimum atomic E-state index is -0.709. The van der Waals surface area contributed by atoms with Crippen molar-refractivity contribution in [1.82, 2.24) is 0 Å². The van der Waals surface area contributed by atoms with Crippen molar-refractivity contribution in [3.8, 4) is 11.5 Å². The largest absolute Gasteiger partial charge is 0.507 e. The van der Waals surface area contributed by atoms with Gasteiger partial charge in [0.2, 0.25) is 5.78 Å². The van der Waals surface area contributed by atoms with Crippen molar-refractivity contribution in [2.75, 3.05) is 0 Å². The Morgan fingerprint density at radius 3 is 2.67 bits per heavy atom. The first-order valence-corrected chi connectivity index (χ1v) is 6.43. The van der Waals surface area contributed by atoms with Gasteiger partial charge in [-0.25, -0.2) is 4.79 Å². The SMILES string of the molecule is Cc1ccc(O)c(/C=C2/C(=O)Oc3ccccc3C2=O)c1. The number of hydrogen-bond acceptors (Lipinski definition) is 4. The van der Waals surface area contributed by atoms with Crippen LogP contribution in [-0.4, -0.2) is 16.9 Å². The number of carbonyl (C=O) groups is 2. The molecule has 3 rings (SSSR count). The highest BCUT2D eigenvalue weighted by Gasteiger charge is 2.30. The number of phenolic OH excluding ortho intramolecular Hbond substituents is 1. The summed E-state index contributed by atoms with van der Waals surface area (Å²) in [5, 5.41) is 9.83. The van der Waals surface area contributed by atoms with Gasteiger partial charge in [0.15, 0.2) is 0 Å². The summed E-state index contributed by atoms with van der Waals surface area (Å²) in [6, 6.07) is 11.5. The monoisotopic (exact) mass is 280 g/mol. The van der Waals surface area contributed by atoms with Gasteiger partial charge in [-0.1, -0.05) is 23.8 Å². The summed E-state index contributed by atoms with van der Waals surface area (Å²) >= 11 is 0. The number of para-hydroxylation sites is 1. The number of carbonyl (C=O) groups excluding carboxylic acids is 2. The standard InChI is InChI=1S/C17H12O4/c1-10-6-7-14(18)11(8-10)9-13-16(19)12-4-2-3-5-15(12)21-17(13)20/h2-9,18H,1H3/b13-9+. The summed E-state index contributed by atoms with van der Waals surface area (Å²) in [4.78, 5) is 24.4. The van der Waals surface area contributed by atoms with Crippen LogP contribution < -0.4 is 4.74 Å². The van der Waals surface area contributed by atoms with E-state index in [1.807, 2.05) is 6.92 Å². The second-order valence-electron chi connectivity index (χ2n) is 4.84. The van der Waals surface area contributed by atoms with E-state index in [1.54, 1.807) is 36.4 Å². The van der Waals surface area contributed by atoms with Gasteiger partial charge in [0, 0.05) is 5.56 Å². The summed E-state index contributed by atoms with van der Waals surface area (Å²) in [5.74, 6) is -0.840. The number of phenols is 1. The van der Waals surface area contributed by atoms with Gasteiger partial charge >= 0.3 is 5.97 Å². The maximum Gasteiger partial charge on any atom is 0.347 e. The minimum absolute atomic E-state index is 0.00700. The molecule has 2 aromatic carbocycles. The van der Waals surface area contributed by atoms with Crippen LogP contribution in [-0.2, 0) is 4.79 Å². The molecule has 0 radical (unpaired) electrons. The summed E-state index contributed by atoms with van der Waals surface area (Å²) in [7, 11) is 0. The number of ketones is 1.